The quantitative estimate of drug-likeness (QED) is 0.433. The van der Waals surface area contributed by atoms with Gasteiger partial charge >= 0.3 is 0 Å². The first-order chi connectivity index (χ1) is 16.4. The van der Waals surface area contributed by atoms with E-state index in [4.69, 9.17) is 19.2 Å². The summed E-state index contributed by atoms with van der Waals surface area (Å²) in [6.07, 6.45) is 4.04. The van der Waals surface area contributed by atoms with Gasteiger partial charge in [0.1, 0.15) is 17.2 Å². The van der Waals surface area contributed by atoms with Gasteiger partial charge < -0.3 is 19.4 Å². The number of nitrogens with one attached hydrogen (secondary N) is 1. The number of benzene rings is 1. The Morgan fingerprint density at radius 1 is 1.09 bits per heavy atom. The zero-order valence-corrected chi connectivity index (χ0v) is 19.9. The van der Waals surface area contributed by atoms with Crippen molar-refractivity contribution < 1.29 is 14.4 Å². The van der Waals surface area contributed by atoms with Gasteiger partial charge in [0, 0.05) is 35.3 Å². The van der Waals surface area contributed by atoms with Crippen LogP contribution in [0.2, 0.25) is 0 Å². The van der Waals surface area contributed by atoms with Gasteiger partial charge in [-0.25, -0.2) is 4.98 Å². The molecular formula is C27H30N4O3. The van der Waals surface area contributed by atoms with Crippen molar-refractivity contribution in [1.82, 2.24) is 20.1 Å². The Labute approximate surface area is 198 Å². The molecule has 2 fully saturated rings. The molecule has 7 heteroatoms. The Morgan fingerprint density at radius 3 is 2.62 bits per heavy atom. The van der Waals surface area contributed by atoms with Gasteiger partial charge in [-0.15, -0.1) is 0 Å². The van der Waals surface area contributed by atoms with Crippen LogP contribution in [0.25, 0.3) is 22.2 Å². The van der Waals surface area contributed by atoms with E-state index in [-0.39, 0.29) is 5.92 Å². The SMILES string of the molecule is Cc1cccc(C(O)(c2cc(-c3c(C)noc3C)cc3[nH]c(C4CC4)nc23)C2CCCOC2)n1. The van der Waals surface area contributed by atoms with E-state index in [9.17, 15) is 5.11 Å². The highest BCUT2D eigenvalue weighted by Crippen LogP contribution is 2.46. The minimum absolute atomic E-state index is 0.139. The van der Waals surface area contributed by atoms with Crippen LogP contribution < -0.4 is 0 Å². The molecule has 2 aliphatic rings. The van der Waals surface area contributed by atoms with E-state index in [2.05, 4.69) is 22.3 Å². The largest absolute Gasteiger partial charge is 0.381 e. The number of aromatic amines is 1. The maximum atomic E-state index is 12.7. The van der Waals surface area contributed by atoms with Crippen molar-refractivity contribution in [3.63, 3.8) is 0 Å². The first kappa shape index (κ1) is 21.5. The second-order valence-electron chi connectivity index (χ2n) is 9.86. The lowest BCUT2D eigenvalue weighted by atomic mass is 9.74. The highest BCUT2D eigenvalue weighted by molar-refractivity contribution is 5.87. The molecule has 1 aromatic carbocycles. The molecule has 6 rings (SSSR count). The monoisotopic (exact) mass is 458 g/mol. The number of pyridine rings is 1. The molecule has 1 saturated carbocycles. The lowest BCUT2D eigenvalue weighted by Gasteiger charge is -2.38. The molecule has 0 bridgehead atoms. The van der Waals surface area contributed by atoms with Crippen LogP contribution >= 0.6 is 0 Å². The van der Waals surface area contributed by atoms with Gasteiger partial charge in [-0.05, 0) is 76.3 Å². The Kier molecular flexibility index (Phi) is 5.08. The third kappa shape index (κ3) is 3.46. The molecule has 0 spiro atoms. The van der Waals surface area contributed by atoms with Gasteiger partial charge in [-0.3, -0.25) is 4.98 Å². The molecule has 3 aromatic heterocycles. The van der Waals surface area contributed by atoms with Crippen molar-refractivity contribution >= 4 is 11.0 Å². The molecule has 2 atom stereocenters. The van der Waals surface area contributed by atoms with Crippen LogP contribution in [0, 0.1) is 26.7 Å². The summed E-state index contributed by atoms with van der Waals surface area (Å²) in [5.41, 5.74) is 5.35. The summed E-state index contributed by atoms with van der Waals surface area (Å²) in [5, 5.41) is 16.9. The number of imidazole rings is 1. The number of nitrogens with zero attached hydrogens (tertiary/aromatic N) is 3. The molecule has 7 nitrogen and oxygen atoms in total. The summed E-state index contributed by atoms with van der Waals surface area (Å²) < 4.78 is 11.4. The molecule has 0 radical (unpaired) electrons. The summed E-state index contributed by atoms with van der Waals surface area (Å²) in [6.45, 7) is 7.02. The molecule has 2 N–H and O–H groups in total. The standard InChI is InChI=1S/C27H30N4O3/c1-15-6-4-8-23(28-15)27(32,20-7-5-11-33-14-20)21-12-19(24-16(2)31-34-17(24)3)13-22-25(21)30-26(29-22)18-9-10-18/h4,6,8,12-13,18,20,32H,5,7,9-11,14H2,1-3H3,(H,29,30). The maximum Gasteiger partial charge on any atom is 0.141 e. The summed E-state index contributed by atoms with van der Waals surface area (Å²) in [4.78, 5) is 13.4. The predicted octanol–water partition coefficient (Wildman–Crippen LogP) is 5.08. The van der Waals surface area contributed by atoms with Gasteiger partial charge in [0.15, 0.2) is 0 Å². The second-order valence-corrected chi connectivity index (χ2v) is 9.86. The first-order valence-electron chi connectivity index (χ1n) is 12.2. The van der Waals surface area contributed by atoms with Crippen LogP contribution in [0.3, 0.4) is 0 Å². The number of aryl methyl sites for hydroxylation is 3. The van der Waals surface area contributed by atoms with Crippen LogP contribution in [0.5, 0.6) is 0 Å². The smallest absolute Gasteiger partial charge is 0.141 e. The van der Waals surface area contributed by atoms with Crippen molar-refractivity contribution in [2.45, 2.75) is 58.0 Å². The Hall–Kier alpha value is -3.03. The van der Waals surface area contributed by atoms with Crippen molar-refractivity contribution in [1.29, 1.82) is 0 Å². The number of ether oxygens (including phenoxy) is 1. The average molecular weight is 459 g/mol. The van der Waals surface area contributed by atoms with E-state index in [1.54, 1.807) is 0 Å². The van der Waals surface area contributed by atoms with Crippen LogP contribution in [-0.4, -0.2) is 38.4 Å². The van der Waals surface area contributed by atoms with Gasteiger partial charge in [-0.2, -0.15) is 0 Å². The number of H-pyrrole nitrogens is 1. The molecule has 1 aliphatic carbocycles. The third-order valence-electron chi connectivity index (χ3n) is 7.33. The molecule has 0 amide bonds. The average Bonchev–Trinajstić information content (AvgIpc) is 3.52. The lowest BCUT2D eigenvalue weighted by Crippen LogP contribution is -2.42. The zero-order valence-electron chi connectivity index (χ0n) is 19.9. The minimum Gasteiger partial charge on any atom is -0.381 e. The van der Waals surface area contributed by atoms with Crippen LogP contribution in [0.15, 0.2) is 34.9 Å². The fourth-order valence-corrected chi connectivity index (χ4v) is 5.41. The van der Waals surface area contributed by atoms with Crippen molar-refractivity contribution in [3.8, 4) is 11.1 Å². The van der Waals surface area contributed by atoms with Crippen LogP contribution in [-0.2, 0) is 10.3 Å². The molecule has 34 heavy (non-hydrogen) atoms. The number of aliphatic hydroxyl groups is 1. The molecule has 2 unspecified atom stereocenters. The molecule has 4 aromatic rings. The van der Waals surface area contributed by atoms with Crippen molar-refractivity contribution in [2.24, 2.45) is 5.92 Å². The van der Waals surface area contributed by atoms with Crippen LogP contribution in [0.1, 0.15) is 65.8 Å². The van der Waals surface area contributed by atoms with Gasteiger partial charge in [0.2, 0.25) is 0 Å². The second kappa shape index (κ2) is 8.03. The summed E-state index contributed by atoms with van der Waals surface area (Å²) in [6, 6.07) is 10.00. The van der Waals surface area contributed by atoms with E-state index >= 15 is 0 Å². The summed E-state index contributed by atoms with van der Waals surface area (Å²) in [5.74, 6) is 2.07. The van der Waals surface area contributed by atoms with E-state index in [1.807, 2.05) is 39.0 Å². The Balaban J connectivity index is 1.65. The zero-order chi connectivity index (χ0) is 23.4. The highest BCUT2D eigenvalue weighted by Gasteiger charge is 2.45. The summed E-state index contributed by atoms with van der Waals surface area (Å²) >= 11 is 0. The van der Waals surface area contributed by atoms with Crippen LogP contribution in [0.4, 0.5) is 0 Å². The summed E-state index contributed by atoms with van der Waals surface area (Å²) in [7, 11) is 0. The number of hydrogen-bond acceptors (Lipinski definition) is 6. The van der Waals surface area contributed by atoms with E-state index < -0.39 is 5.60 Å². The van der Waals surface area contributed by atoms with E-state index in [0.29, 0.717) is 18.2 Å². The van der Waals surface area contributed by atoms with Crippen molar-refractivity contribution in [2.75, 3.05) is 13.2 Å². The normalized spacial score (nSPS) is 20.5. The Bertz CT molecular complexity index is 1340. The molecule has 1 aliphatic heterocycles. The fraction of sp³-hybridized carbons (Fsp3) is 0.444. The highest BCUT2D eigenvalue weighted by atomic mass is 16.5. The number of aromatic nitrogens is 4. The van der Waals surface area contributed by atoms with Gasteiger partial charge in [0.25, 0.3) is 0 Å². The number of rotatable bonds is 5. The predicted molar refractivity (Wildman–Crippen MR) is 129 cm³/mol. The van der Waals surface area contributed by atoms with Crippen molar-refractivity contribution in [3.05, 3.63) is 64.6 Å². The molecule has 4 heterocycles. The topological polar surface area (TPSA) is 97.1 Å². The number of hydrogen-bond donors (Lipinski definition) is 2. The molecule has 176 valence electrons. The molecular weight excluding hydrogens is 428 g/mol. The minimum atomic E-state index is -1.35. The van der Waals surface area contributed by atoms with Gasteiger partial charge in [-0.1, -0.05) is 11.2 Å². The van der Waals surface area contributed by atoms with E-state index in [1.165, 1.54) is 0 Å². The maximum absolute atomic E-state index is 12.7. The molecule has 1 saturated heterocycles. The lowest BCUT2D eigenvalue weighted by molar-refractivity contribution is -0.0601. The third-order valence-corrected chi connectivity index (χ3v) is 7.33. The van der Waals surface area contributed by atoms with Gasteiger partial charge in [0.05, 0.1) is 29.0 Å². The Morgan fingerprint density at radius 2 is 1.94 bits per heavy atom. The number of fused-ring (bicyclic) bond motifs is 1. The van der Waals surface area contributed by atoms with E-state index in [0.717, 1.165) is 83.0 Å². The first-order valence-corrected chi connectivity index (χ1v) is 12.2. The fourth-order valence-electron chi connectivity index (χ4n) is 5.41.